The summed E-state index contributed by atoms with van der Waals surface area (Å²) in [4.78, 5) is 11.7. The lowest BCUT2D eigenvalue weighted by molar-refractivity contribution is 0.102. The van der Waals surface area contributed by atoms with Gasteiger partial charge in [-0.3, -0.25) is 9.36 Å². The lowest BCUT2D eigenvalue weighted by Crippen LogP contribution is -2.03. The summed E-state index contributed by atoms with van der Waals surface area (Å²) in [6, 6.07) is 6.47. The van der Waals surface area contributed by atoms with E-state index in [1.165, 1.54) is 14.2 Å². The smallest absolute Gasteiger partial charge is 0.306 e. The van der Waals surface area contributed by atoms with Crippen molar-refractivity contribution in [3.8, 4) is 0 Å². The van der Waals surface area contributed by atoms with Gasteiger partial charge in [0.15, 0.2) is 0 Å². The first-order valence-corrected chi connectivity index (χ1v) is 6.39. The maximum Gasteiger partial charge on any atom is 0.401 e. The Kier molecular flexibility index (Phi) is 4.22. The van der Waals surface area contributed by atoms with Crippen LogP contribution in [0.4, 0.5) is 0 Å². The number of carbonyl (C=O) groups is 1. The molecule has 1 rings (SSSR count). The van der Waals surface area contributed by atoms with Crippen LogP contribution in [0.1, 0.15) is 10.4 Å². The van der Waals surface area contributed by atoms with Crippen molar-refractivity contribution < 1.29 is 18.4 Å². The van der Waals surface area contributed by atoms with Crippen molar-refractivity contribution >= 4 is 29.1 Å². The fourth-order valence-corrected chi connectivity index (χ4v) is 2.20. The van der Waals surface area contributed by atoms with Gasteiger partial charge in [-0.15, -0.1) is 0 Å². The van der Waals surface area contributed by atoms with Crippen molar-refractivity contribution in [1.82, 2.24) is 0 Å². The summed E-state index contributed by atoms with van der Waals surface area (Å²) in [6.45, 7) is 0. The highest BCUT2D eigenvalue weighted by molar-refractivity contribution is 9.10. The van der Waals surface area contributed by atoms with Gasteiger partial charge in [-0.1, -0.05) is 15.9 Å². The van der Waals surface area contributed by atoms with Gasteiger partial charge in [-0.25, -0.2) is 0 Å². The summed E-state index contributed by atoms with van der Waals surface area (Å²) < 4.78 is 21.8. The molecule has 15 heavy (non-hydrogen) atoms. The maximum atomic E-state index is 11.7. The molecule has 0 heterocycles. The molecule has 4 nitrogen and oxygen atoms in total. The van der Waals surface area contributed by atoms with E-state index in [1.807, 2.05) is 0 Å². The van der Waals surface area contributed by atoms with Crippen molar-refractivity contribution in [1.29, 1.82) is 0 Å². The molecule has 0 saturated carbocycles. The molecule has 0 saturated heterocycles. The predicted octanol–water partition coefficient (Wildman–Crippen LogP) is 3.08. The largest absolute Gasteiger partial charge is 0.401 e. The summed E-state index contributed by atoms with van der Waals surface area (Å²) in [5, 5.41) is 0. The first-order chi connectivity index (χ1) is 7.03. The van der Waals surface area contributed by atoms with Crippen LogP contribution in [0, 0.1) is 0 Å². The number of halogens is 1. The summed E-state index contributed by atoms with van der Waals surface area (Å²) in [5.41, 5.74) is -0.342. The second-order valence-electron chi connectivity index (χ2n) is 2.67. The van der Waals surface area contributed by atoms with E-state index in [4.69, 9.17) is 0 Å². The molecule has 0 fully saturated rings. The highest BCUT2D eigenvalue weighted by Crippen LogP contribution is 2.49. The fourth-order valence-electron chi connectivity index (χ4n) is 0.991. The highest BCUT2D eigenvalue weighted by atomic mass is 79.9. The van der Waals surface area contributed by atoms with E-state index in [0.717, 1.165) is 4.47 Å². The van der Waals surface area contributed by atoms with E-state index in [2.05, 4.69) is 25.0 Å². The van der Waals surface area contributed by atoms with Gasteiger partial charge in [0.25, 0.3) is 5.52 Å². The maximum absolute atomic E-state index is 11.7. The molecule has 0 aliphatic rings. The molecule has 0 atom stereocenters. The SMILES string of the molecule is COP(=O)(OC)C(=O)c1ccc(Br)cc1. The standard InChI is InChI=1S/C9H10BrO4P/c1-13-15(12,14-2)9(11)7-3-5-8(10)6-4-7/h3-6H,1-2H3. The van der Waals surface area contributed by atoms with Crippen LogP contribution < -0.4 is 0 Å². The summed E-state index contributed by atoms with van der Waals surface area (Å²) in [6.07, 6.45) is 0. The van der Waals surface area contributed by atoms with Crippen molar-refractivity contribution in [2.24, 2.45) is 0 Å². The van der Waals surface area contributed by atoms with Gasteiger partial charge in [0, 0.05) is 24.3 Å². The third kappa shape index (κ3) is 2.75. The normalized spacial score (nSPS) is 11.4. The zero-order valence-electron chi connectivity index (χ0n) is 8.27. The Morgan fingerprint density at radius 2 is 1.67 bits per heavy atom. The average Bonchev–Trinajstić information content (AvgIpc) is 2.28. The second kappa shape index (κ2) is 5.03. The van der Waals surface area contributed by atoms with Gasteiger partial charge in [-0.05, 0) is 24.3 Å². The summed E-state index contributed by atoms with van der Waals surface area (Å²) in [7, 11) is -1.30. The van der Waals surface area contributed by atoms with Crippen molar-refractivity contribution in [2.75, 3.05) is 14.2 Å². The zero-order valence-corrected chi connectivity index (χ0v) is 10.7. The summed E-state index contributed by atoms with van der Waals surface area (Å²) in [5.74, 6) is 0. The molecule has 6 heteroatoms. The van der Waals surface area contributed by atoms with E-state index < -0.39 is 13.1 Å². The van der Waals surface area contributed by atoms with Crippen molar-refractivity contribution in [2.45, 2.75) is 0 Å². The van der Waals surface area contributed by atoms with Gasteiger partial charge in [0.1, 0.15) is 0 Å². The highest BCUT2D eigenvalue weighted by Gasteiger charge is 2.33. The lowest BCUT2D eigenvalue weighted by atomic mass is 10.2. The average molecular weight is 293 g/mol. The first kappa shape index (κ1) is 12.6. The minimum atomic E-state index is -3.66. The topological polar surface area (TPSA) is 52.6 Å². The molecular weight excluding hydrogens is 283 g/mol. The minimum absolute atomic E-state index is 0.297. The number of hydrogen-bond acceptors (Lipinski definition) is 4. The Balaban J connectivity index is 3.04. The van der Waals surface area contributed by atoms with Crippen LogP contribution in [-0.2, 0) is 13.6 Å². The molecule has 82 valence electrons. The van der Waals surface area contributed by atoms with Gasteiger partial charge in [0.2, 0.25) is 0 Å². The Hall–Kier alpha value is -0.480. The zero-order chi connectivity index (χ0) is 11.5. The molecule has 0 aliphatic heterocycles. The van der Waals surface area contributed by atoms with Crippen LogP contribution in [0.25, 0.3) is 0 Å². The monoisotopic (exact) mass is 292 g/mol. The number of hydrogen-bond donors (Lipinski definition) is 0. The molecule has 0 aromatic heterocycles. The van der Waals surface area contributed by atoms with Crippen LogP contribution in [0.3, 0.4) is 0 Å². The van der Waals surface area contributed by atoms with E-state index in [9.17, 15) is 9.36 Å². The van der Waals surface area contributed by atoms with Crippen LogP contribution >= 0.6 is 23.5 Å². The Morgan fingerprint density at radius 3 is 2.07 bits per heavy atom. The molecule has 0 aliphatic carbocycles. The third-order valence-electron chi connectivity index (χ3n) is 1.82. The van der Waals surface area contributed by atoms with Crippen LogP contribution in [0.15, 0.2) is 28.7 Å². The Morgan fingerprint density at radius 1 is 1.20 bits per heavy atom. The van der Waals surface area contributed by atoms with E-state index in [-0.39, 0.29) is 0 Å². The van der Waals surface area contributed by atoms with E-state index >= 15 is 0 Å². The molecule has 0 bridgehead atoms. The van der Waals surface area contributed by atoms with Gasteiger partial charge >= 0.3 is 7.60 Å². The van der Waals surface area contributed by atoms with Gasteiger partial charge in [0.05, 0.1) is 0 Å². The number of rotatable bonds is 4. The van der Waals surface area contributed by atoms with Crippen molar-refractivity contribution in [3.05, 3.63) is 34.3 Å². The van der Waals surface area contributed by atoms with Crippen LogP contribution in [0.2, 0.25) is 0 Å². The van der Waals surface area contributed by atoms with Gasteiger partial charge < -0.3 is 9.05 Å². The quantitative estimate of drug-likeness (QED) is 0.800. The molecule has 0 radical (unpaired) electrons. The Bertz CT molecular complexity index is 393. The molecule has 0 unspecified atom stereocenters. The first-order valence-electron chi connectivity index (χ1n) is 4.05. The molecule has 0 spiro atoms. The lowest BCUT2D eigenvalue weighted by Gasteiger charge is -2.11. The van der Waals surface area contributed by atoms with E-state index in [1.54, 1.807) is 24.3 Å². The summed E-state index contributed by atoms with van der Waals surface area (Å²) >= 11 is 3.24. The molecule has 1 aromatic carbocycles. The predicted molar refractivity (Wildman–Crippen MR) is 60.1 cm³/mol. The second-order valence-corrected chi connectivity index (χ2v) is 5.72. The molecule has 1 aromatic rings. The van der Waals surface area contributed by atoms with Crippen LogP contribution in [0.5, 0.6) is 0 Å². The minimum Gasteiger partial charge on any atom is -0.306 e. The fraction of sp³-hybridized carbons (Fsp3) is 0.222. The van der Waals surface area contributed by atoms with Gasteiger partial charge in [-0.2, -0.15) is 0 Å². The van der Waals surface area contributed by atoms with Crippen LogP contribution in [-0.4, -0.2) is 19.7 Å². The molecular formula is C9H10BrO4P. The Labute approximate surface area is 96.2 Å². The van der Waals surface area contributed by atoms with E-state index in [0.29, 0.717) is 5.56 Å². The molecule has 0 N–H and O–H groups in total. The van der Waals surface area contributed by atoms with Crippen molar-refractivity contribution in [3.63, 3.8) is 0 Å². The molecule has 0 amide bonds. The third-order valence-corrected chi connectivity index (χ3v) is 4.07. The number of carbonyl (C=O) groups excluding carboxylic acids is 1. The number of benzene rings is 1.